The van der Waals surface area contributed by atoms with Gasteiger partial charge in [-0.05, 0) is 48.1 Å². The van der Waals surface area contributed by atoms with Gasteiger partial charge in [0.05, 0.1) is 0 Å². The Morgan fingerprint density at radius 2 is 1.52 bits per heavy atom. The fourth-order valence-corrected chi connectivity index (χ4v) is 3.14. The van der Waals surface area contributed by atoms with E-state index < -0.39 is 0 Å². The van der Waals surface area contributed by atoms with E-state index in [1.165, 1.54) is 5.56 Å². The van der Waals surface area contributed by atoms with E-state index in [9.17, 15) is 4.79 Å². The average Bonchev–Trinajstić information content (AvgIpc) is 2.53. The van der Waals surface area contributed by atoms with Gasteiger partial charge in [-0.1, -0.05) is 61.0 Å². The number of aryl methyl sites for hydroxylation is 3. The molecule has 0 heterocycles. The highest BCUT2D eigenvalue weighted by molar-refractivity contribution is 9.10. The lowest BCUT2D eigenvalue weighted by atomic mass is 9.89. The summed E-state index contributed by atoms with van der Waals surface area (Å²) >= 11 is 3.49. The molecule has 0 atom stereocenters. The van der Waals surface area contributed by atoms with Crippen molar-refractivity contribution in [3.05, 3.63) is 68.7 Å². The van der Waals surface area contributed by atoms with Crippen LogP contribution in [0.25, 0.3) is 0 Å². The first kappa shape index (κ1) is 16.0. The summed E-state index contributed by atoms with van der Waals surface area (Å²) in [5, 5.41) is 0. The van der Waals surface area contributed by atoms with Gasteiger partial charge in [0.2, 0.25) is 0 Å². The highest BCUT2D eigenvalue weighted by Gasteiger charge is 2.19. The summed E-state index contributed by atoms with van der Waals surface area (Å²) in [5.41, 5.74) is 5.27. The maximum Gasteiger partial charge on any atom is 0.194 e. The van der Waals surface area contributed by atoms with E-state index in [0.717, 1.165) is 46.0 Å². The maximum absolute atomic E-state index is 13.0. The van der Waals surface area contributed by atoms with Gasteiger partial charge in [0.15, 0.2) is 5.78 Å². The number of ketones is 1. The van der Waals surface area contributed by atoms with Crippen LogP contribution in [0.2, 0.25) is 0 Å². The molecule has 21 heavy (non-hydrogen) atoms. The molecule has 0 aliphatic rings. The summed E-state index contributed by atoms with van der Waals surface area (Å²) in [6, 6.07) is 12.0. The van der Waals surface area contributed by atoms with Crippen molar-refractivity contribution in [1.29, 1.82) is 0 Å². The van der Waals surface area contributed by atoms with Crippen LogP contribution in [0.4, 0.5) is 0 Å². The quantitative estimate of drug-likeness (QED) is 0.666. The average molecular weight is 345 g/mol. The fraction of sp³-hybridized carbons (Fsp3) is 0.316. The van der Waals surface area contributed by atoms with Gasteiger partial charge >= 0.3 is 0 Å². The summed E-state index contributed by atoms with van der Waals surface area (Å²) in [5.74, 6) is 0.124. The summed E-state index contributed by atoms with van der Waals surface area (Å²) in [6.07, 6.45) is 2.77. The number of hydrogen-bond donors (Lipinski definition) is 0. The zero-order valence-electron chi connectivity index (χ0n) is 12.9. The molecule has 0 amide bonds. The van der Waals surface area contributed by atoms with Crippen molar-refractivity contribution in [1.82, 2.24) is 0 Å². The third kappa shape index (κ3) is 3.26. The molecule has 2 heteroatoms. The van der Waals surface area contributed by atoms with Gasteiger partial charge in [0.25, 0.3) is 0 Å². The predicted octanol–water partition coefficient (Wildman–Crippen LogP) is 5.37. The van der Waals surface area contributed by atoms with E-state index in [1.807, 2.05) is 24.3 Å². The van der Waals surface area contributed by atoms with Crippen molar-refractivity contribution < 1.29 is 4.79 Å². The SMILES string of the molecule is CCc1cc(CC)c(C(=O)c2ccccc2Br)c(CC)c1. The number of carbonyl (C=O) groups excluding carboxylic acids is 1. The molecule has 0 aliphatic carbocycles. The van der Waals surface area contributed by atoms with Gasteiger partial charge in [-0.25, -0.2) is 0 Å². The molecule has 0 saturated carbocycles. The van der Waals surface area contributed by atoms with Crippen molar-refractivity contribution in [3.8, 4) is 0 Å². The Labute approximate surface area is 135 Å². The van der Waals surface area contributed by atoms with Crippen LogP contribution in [0.15, 0.2) is 40.9 Å². The normalized spacial score (nSPS) is 10.7. The van der Waals surface area contributed by atoms with E-state index >= 15 is 0 Å². The Balaban J connectivity index is 2.62. The smallest absolute Gasteiger partial charge is 0.194 e. The van der Waals surface area contributed by atoms with Crippen LogP contribution in [-0.4, -0.2) is 5.78 Å². The monoisotopic (exact) mass is 344 g/mol. The molecule has 2 aromatic carbocycles. The van der Waals surface area contributed by atoms with E-state index in [2.05, 4.69) is 48.8 Å². The highest BCUT2D eigenvalue weighted by Crippen LogP contribution is 2.26. The molecule has 2 aromatic rings. The third-order valence-electron chi connectivity index (χ3n) is 3.88. The van der Waals surface area contributed by atoms with E-state index in [-0.39, 0.29) is 5.78 Å². The summed E-state index contributed by atoms with van der Waals surface area (Å²) in [6.45, 7) is 6.39. The van der Waals surface area contributed by atoms with Gasteiger partial charge in [-0.15, -0.1) is 0 Å². The number of hydrogen-bond acceptors (Lipinski definition) is 1. The second-order valence-corrected chi connectivity index (χ2v) is 6.01. The van der Waals surface area contributed by atoms with Crippen LogP contribution in [0.1, 0.15) is 53.4 Å². The molecule has 110 valence electrons. The minimum atomic E-state index is 0.124. The van der Waals surface area contributed by atoms with Crippen LogP contribution in [-0.2, 0) is 19.3 Å². The zero-order valence-corrected chi connectivity index (χ0v) is 14.5. The minimum Gasteiger partial charge on any atom is -0.289 e. The lowest BCUT2D eigenvalue weighted by molar-refractivity contribution is 0.103. The lowest BCUT2D eigenvalue weighted by Gasteiger charge is -2.15. The van der Waals surface area contributed by atoms with Crippen molar-refractivity contribution in [2.45, 2.75) is 40.0 Å². The minimum absolute atomic E-state index is 0.124. The molecule has 0 aromatic heterocycles. The standard InChI is InChI=1S/C19H21BrO/c1-4-13-11-14(5-2)18(15(6-3)12-13)19(21)16-9-7-8-10-17(16)20/h7-12H,4-6H2,1-3H3. The molecule has 0 bridgehead atoms. The molecule has 0 fully saturated rings. The summed E-state index contributed by atoms with van der Waals surface area (Å²) in [7, 11) is 0. The first-order chi connectivity index (χ1) is 10.1. The molecule has 0 aliphatic heterocycles. The Kier molecular flexibility index (Phi) is 5.35. The second-order valence-electron chi connectivity index (χ2n) is 5.16. The molecule has 1 nitrogen and oxygen atoms in total. The van der Waals surface area contributed by atoms with Gasteiger partial charge in [0.1, 0.15) is 0 Å². The van der Waals surface area contributed by atoms with Crippen molar-refractivity contribution >= 4 is 21.7 Å². The molecule has 2 rings (SSSR count). The van der Waals surface area contributed by atoms with Crippen molar-refractivity contribution in [2.75, 3.05) is 0 Å². The van der Waals surface area contributed by atoms with Crippen molar-refractivity contribution in [3.63, 3.8) is 0 Å². The Hall–Kier alpha value is -1.41. The first-order valence-corrected chi connectivity index (χ1v) is 8.35. The molecule has 0 radical (unpaired) electrons. The van der Waals surface area contributed by atoms with Crippen molar-refractivity contribution in [2.24, 2.45) is 0 Å². The molecule has 0 unspecified atom stereocenters. The first-order valence-electron chi connectivity index (χ1n) is 7.56. The maximum atomic E-state index is 13.0. The number of carbonyl (C=O) groups is 1. The Morgan fingerprint density at radius 1 is 0.952 bits per heavy atom. The summed E-state index contributed by atoms with van der Waals surface area (Å²) in [4.78, 5) is 13.0. The van der Waals surface area contributed by atoms with E-state index in [0.29, 0.717) is 0 Å². The van der Waals surface area contributed by atoms with Gasteiger partial charge in [-0.2, -0.15) is 0 Å². The lowest BCUT2D eigenvalue weighted by Crippen LogP contribution is -2.10. The van der Waals surface area contributed by atoms with Crippen LogP contribution >= 0.6 is 15.9 Å². The number of halogens is 1. The van der Waals surface area contributed by atoms with Crippen LogP contribution in [0, 0.1) is 0 Å². The van der Waals surface area contributed by atoms with Crippen LogP contribution < -0.4 is 0 Å². The van der Waals surface area contributed by atoms with Gasteiger partial charge < -0.3 is 0 Å². The largest absolute Gasteiger partial charge is 0.289 e. The van der Waals surface area contributed by atoms with Gasteiger partial charge in [0, 0.05) is 15.6 Å². The second kappa shape index (κ2) is 7.04. The molecular weight excluding hydrogens is 324 g/mol. The molecule has 0 spiro atoms. The highest BCUT2D eigenvalue weighted by atomic mass is 79.9. The molecule has 0 saturated heterocycles. The summed E-state index contributed by atoms with van der Waals surface area (Å²) < 4.78 is 0.860. The van der Waals surface area contributed by atoms with Crippen LogP contribution in [0.3, 0.4) is 0 Å². The van der Waals surface area contributed by atoms with E-state index in [4.69, 9.17) is 0 Å². The number of benzene rings is 2. The third-order valence-corrected chi connectivity index (χ3v) is 4.57. The Bertz CT molecular complexity index is 633. The Morgan fingerprint density at radius 3 is 2.00 bits per heavy atom. The van der Waals surface area contributed by atoms with Gasteiger partial charge in [-0.3, -0.25) is 4.79 Å². The zero-order chi connectivity index (χ0) is 15.4. The number of rotatable bonds is 5. The fourth-order valence-electron chi connectivity index (χ4n) is 2.67. The van der Waals surface area contributed by atoms with E-state index in [1.54, 1.807) is 0 Å². The molecule has 0 N–H and O–H groups in total. The molecular formula is C19H21BrO. The predicted molar refractivity (Wildman–Crippen MR) is 92.2 cm³/mol. The van der Waals surface area contributed by atoms with Crippen LogP contribution in [0.5, 0.6) is 0 Å². The topological polar surface area (TPSA) is 17.1 Å².